The molecule has 1 fully saturated rings. The van der Waals surface area contributed by atoms with Crippen LogP contribution in [0, 0.1) is 11.8 Å². The molecule has 0 aromatic heterocycles. The maximum atomic E-state index is 11.7. The molecule has 0 unspecified atom stereocenters. The van der Waals surface area contributed by atoms with Gasteiger partial charge in [-0.3, -0.25) is 9.59 Å². The molecule has 0 saturated heterocycles. The number of rotatable bonds is 0. The first-order valence-corrected chi connectivity index (χ1v) is 4.51. The van der Waals surface area contributed by atoms with Crippen LogP contribution in [-0.2, 0) is 19.1 Å². The summed E-state index contributed by atoms with van der Waals surface area (Å²) >= 11 is 0. The van der Waals surface area contributed by atoms with Crippen LogP contribution >= 0.6 is 0 Å². The number of hydrogen-bond donors (Lipinski definition) is 0. The first-order chi connectivity index (χ1) is 6.79. The van der Waals surface area contributed by atoms with E-state index in [0.717, 1.165) is 0 Å². The van der Waals surface area contributed by atoms with Crippen LogP contribution in [0.3, 0.4) is 0 Å². The van der Waals surface area contributed by atoms with E-state index in [4.69, 9.17) is 9.47 Å². The summed E-state index contributed by atoms with van der Waals surface area (Å²) < 4.78 is 10.3. The fourth-order valence-corrected chi connectivity index (χ4v) is 2.16. The quantitative estimate of drug-likeness (QED) is 0.550. The minimum Gasteiger partial charge on any atom is -0.489 e. The third kappa shape index (κ3) is 0.780. The van der Waals surface area contributed by atoms with Crippen molar-refractivity contribution in [1.82, 2.24) is 0 Å². The van der Waals surface area contributed by atoms with Crippen molar-refractivity contribution in [2.45, 2.75) is 12.2 Å². The lowest BCUT2D eigenvalue weighted by Gasteiger charge is -2.39. The third-order valence-electron chi connectivity index (χ3n) is 2.89. The summed E-state index contributed by atoms with van der Waals surface area (Å²) in [6.45, 7) is 0. The number of Topliss-reactive ketones (excluding diaryl/α,β-unsaturated/α-hetero) is 2. The van der Waals surface area contributed by atoms with Crippen molar-refractivity contribution < 1.29 is 19.1 Å². The van der Waals surface area contributed by atoms with Crippen LogP contribution in [0.25, 0.3) is 0 Å². The van der Waals surface area contributed by atoms with Gasteiger partial charge in [0.25, 0.3) is 0 Å². The largest absolute Gasteiger partial charge is 0.489 e. The highest BCUT2D eigenvalue weighted by atomic mass is 16.5. The van der Waals surface area contributed by atoms with Crippen molar-refractivity contribution in [1.29, 1.82) is 0 Å². The molecule has 2 aliphatic heterocycles. The van der Waals surface area contributed by atoms with Gasteiger partial charge in [0, 0.05) is 0 Å². The Morgan fingerprint density at radius 2 is 1.29 bits per heavy atom. The molecular formula is C10H8O4. The molecule has 0 radical (unpaired) electrons. The predicted molar refractivity (Wildman–Crippen MR) is 45.0 cm³/mol. The molecule has 3 aliphatic rings. The van der Waals surface area contributed by atoms with Crippen molar-refractivity contribution in [2.75, 3.05) is 0 Å². The van der Waals surface area contributed by atoms with Gasteiger partial charge in [0.05, 0.1) is 24.4 Å². The van der Waals surface area contributed by atoms with E-state index in [9.17, 15) is 9.59 Å². The van der Waals surface area contributed by atoms with Gasteiger partial charge in [0.15, 0.2) is 23.8 Å². The van der Waals surface area contributed by atoms with Crippen LogP contribution in [0.4, 0.5) is 0 Å². The van der Waals surface area contributed by atoms with E-state index in [0.29, 0.717) is 0 Å². The topological polar surface area (TPSA) is 52.6 Å². The Bertz CT molecular complexity index is 332. The monoisotopic (exact) mass is 192 g/mol. The van der Waals surface area contributed by atoms with E-state index in [1.165, 1.54) is 12.5 Å². The molecule has 1 aliphatic carbocycles. The minimum absolute atomic E-state index is 0.0496. The summed E-state index contributed by atoms with van der Waals surface area (Å²) in [6, 6.07) is 0. The van der Waals surface area contributed by atoms with Gasteiger partial charge in [-0.1, -0.05) is 0 Å². The van der Waals surface area contributed by atoms with Gasteiger partial charge < -0.3 is 9.47 Å². The van der Waals surface area contributed by atoms with Gasteiger partial charge >= 0.3 is 0 Å². The SMILES string of the molecule is O=C1[C@H]2OC=C[C@@H]1[C@H]1OC=C[C@@H]2C1=O. The van der Waals surface area contributed by atoms with Crippen LogP contribution in [0.15, 0.2) is 24.7 Å². The van der Waals surface area contributed by atoms with Gasteiger partial charge in [-0.15, -0.1) is 0 Å². The lowest BCUT2D eigenvalue weighted by Crippen LogP contribution is -2.56. The normalized spacial score (nSPS) is 43.1. The Morgan fingerprint density at radius 3 is 1.71 bits per heavy atom. The number of carbonyl (C=O) groups excluding carboxylic acids is 2. The summed E-state index contributed by atoms with van der Waals surface area (Å²) in [5.41, 5.74) is 0. The minimum atomic E-state index is -0.631. The molecule has 1 saturated carbocycles. The molecule has 0 N–H and O–H groups in total. The number of fused-ring (bicyclic) bond motifs is 6. The van der Waals surface area contributed by atoms with Crippen molar-refractivity contribution in [3.63, 3.8) is 0 Å². The van der Waals surface area contributed by atoms with Gasteiger partial charge in [-0.05, 0) is 12.2 Å². The lowest BCUT2D eigenvalue weighted by molar-refractivity contribution is -0.158. The molecule has 4 atom stereocenters. The number of ketones is 2. The molecule has 0 aromatic carbocycles. The highest BCUT2D eigenvalue weighted by Crippen LogP contribution is 2.35. The zero-order valence-electron chi connectivity index (χ0n) is 7.25. The molecule has 4 bridgehead atoms. The maximum absolute atomic E-state index is 11.7. The molecule has 14 heavy (non-hydrogen) atoms. The lowest BCUT2D eigenvalue weighted by atomic mass is 9.74. The van der Waals surface area contributed by atoms with Crippen LogP contribution < -0.4 is 0 Å². The van der Waals surface area contributed by atoms with E-state index in [-0.39, 0.29) is 11.6 Å². The molecule has 0 amide bonds. The van der Waals surface area contributed by atoms with Crippen LogP contribution in [0.1, 0.15) is 0 Å². The Morgan fingerprint density at radius 1 is 0.857 bits per heavy atom. The fraction of sp³-hybridized carbons (Fsp3) is 0.400. The molecular weight excluding hydrogens is 184 g/mol. The van der Waals surface area contributed by atoms with Crippen molar-refractivity contribution >= 4 is 11.6 Å². The third-order valence-corrected chi connectivity index (χ3v) is 2.89. The molecule has 2 heterocycles. The summed E-state index contributed by atoms with van der Waals surface area (Å²) in [6.07, 6.45) is 4.91. The van der Waals surface area contributed by atoms with E-state index < -0.39 is 24.0 Å². The van der Waals surface area contributed by atoms with Gasteiger partial charge in [-0.2, -0.15) is 0 Å². The Balaban J connectivity index is 2.13. The van der Waals surface area contributed by atoms with E-state index in [1.54, 1.807) is 12.2 Å². The highest BCUT2D eigenvalue weighted by molar-refractivity contribution is 6.05. The van der Waals surface area contributed by atoms with E-state index in [1.807, 2.05) is 0 Å². The smallest absolute Gasteiger partial charge is 0.185 e. The second-order valence-electron chi connectivity index (χ2n) is 3.63. The average Bonchev–Trinajstić information content (AvgIpc) is 2.19. The summed E-state index contributed by atoms with van der Waals surface area (Å²) in [5, 5.41) is 0. The highest BCUT2D eigenvalue weighted by Gasteiger charge is 2.52. The first kappa shape index (κ1) is 7.79. The molecule has 72 valence electrons. The van der Waals surface area contributed by atoms with Crippen molar-refractivity contribution in [2.24, 2.45) is 11.8 Å². The van der Waals surface area contributed by atoms with E-state index in [2.05, 4.69) is 0 Å². The zero-order valence-corrected chi connectivity index (χ0v) is 7.25. The molecule has 4 heteroatoms. The molecule has 3 rings (SSSR count). The number of carbonyl (C=O) groups is 2. The van der Waals surface area contributed by atoms with Crippen LogP contribution in [0.2, 0.25) is 0 Å². The van der Waals surface area contributed by atoms with Crippen molar-refractivity contribution in [3.05, 3.63) is 24.7 Å². The van der Waals surface area contributed by atoms with E-state index >= 15 is 0 Å². The van der Waals surface area contributed by atoms with Gasteiger partial charge in [0.1, 0.15) is 0 Å². The fourth-order valence-electron chi connectivity index (χ4n) is 2.16. The molecule has 0 spiro atoms. The van der Waals surface area contributed by atoms with Crippen LogP contribution in [0.5, 0.6) is 0 Å². The predicted octanol–water partition coefficient (Wildman–Crippen LogP) is 0.196. The Labute approximate surface area is 80.2 Å². The summed E-state index contributed by atoms with van der Waals surface area (Å²) in [7, 11) is 0. The Kier molecular flexibility index (Phi) is 1.37. The summed E-state index contributed by atoms with van der Waals surface area (Å²) in [5.74, 6) is -1.01. The van der Waals surface area contributed by atoms with Crippen LogP contribution in [-0.4, -0.2) is 23.8 Å². The number of ether oxygens (including phenoxy) is 2. The maximum Gasteiger partial charge on any atom is 0.185 e. The average molecular weight is 192 g/mol. The molecule has 4 nitrogen and oxygen atoms in total. The number of hydrogen-bond acceptors (Lipinski definition) is 4. The van der Waals surface area contributed by atoms with Gasteiger partial charge in [0.2, 0.25) is 0 Å². The Hall–Kier alpha value is -1.58. The van der Waals surface area contributed by atoms with Gasteiger partial charge in [-0.25, -0.2) is 0 Å². The summed E-state index contributed by atoms with van der Waals surface area (Å²) in [4.78, 5) is 23.4. The second-order valence-corrected chi connectivity index (χ2v) is 3.63. The zero-order chi connectivity index (χ0) is 9.71. The standard InChI is InChI=1S/C10H8O4/c11-7-5-1-3-13-10(7)6-2-4-14-9(5)8(6)12/h1-6,9-10H/t5-,6+,9+,10-. The second kappa shape index (κ2) is 2.47. The van der Waals surface area contributed by atoms with Crippen molar-refractivity contribution in [3.8, 4) is 0 Å². The first-order valence-electron chi connectivity index (χ1n) is 4.51. The molecule has 0 aromatic rings.